The average molecular weight is 437 g/mol. The number of amides is 1. The number of benzene rings is 2. The van der Waals surface area contributed by atoms with E-state index in [1.165, 1.54) is 26.0 Å². The van der Waals surface area contributed by atoms with Crippen molar-refractivity contribution in [2.45, 2.75) is 26.1 Å². The molecule has 10 heteroatoms. The zero-order valence-electron chi connectivity index (χ0n) is 16.3. The first-order valence-electron chi connectivity index (χ1n) is 9.02. The smallest absolute Gasteiger partial charge is 0.344 e. The third-order valence-electron chi connectivity index (χ3n) is 4.53. The molecule has 0 aliphatic heterocycles. The minimum Gasteiger partial charge on any atom is -0.344 e. The van der Waals surface area contributed by atoms with Gasteiger partial charge >= 0.3 is 6.18 Å². The Labute approximate surface area is 173 Å². The largest absolute Gasteiger partial charge is 0.418 e. The Morgan fingerprint density at radius 1 is 1.10 bits per heavy atom. The monoisotopic (exact) mass is 437 g/mol. The highest BCUT2D eigenvalue weighted by Crippen LogP contribution is 2.33. The predicted molar refractivity (Wildman–Crippen MR) is 102 cm³/mol. The van der Waals surface area contributed by atoms with Crippen LogP contribution in [0.5, 0.6) is 0 Å². The summed E-state index contributed by atoms with van der Waals surface area (Å²) in [6.45, 7) is 2.73. The molecule has 162 valence electrons. The topological polar surface area (TPSA) is 64.0 Å². The van der Waals surface area contributed by atoms with E-state index in [1.807, 2.05) is 0 Å². The van der Waals surface area contributed by atoms with Crippen LogP contribution in [0.1, 0.15) is 40.3 Å². The van der Waals surface area contributed by atoms with Crippen LogP contribution in [0.3, 0.4) is 0 Å². The highest BCUT2D eigenvalue weighted by atomic mass is 19.4. The molecule has 0 aliphatic carbocycles. The minimum atomic E-state index is -4.69. The lowest BCUT2D eigenvalue weighted by Crippen LogP contribution is -2.34. The van der Waals surface area contributed by atoms with Crippen LogP contribution in [0, 0.1) is 18.6 Å². The Balaban J connectivity index is 2.02. The van der Waals surface area contributed by atoms with E-state index in [0.717, 1.165) is 41.1 Å². The van der Waals surface area contributed by atoms with Crippen LogP contribution in [-0.4, -0.2) is 15.7 Å². The molecule has 3 rings (SSSR count). The number of para-hydroxylation sites is 1. The van der Waals surface area contributed by atoms with Gasteiger partial charge in [-0.25, -0.2) is 13.5 Å². The Bertz CT molecular complexity index is 1200. The summed E-state index contributed by atoms with van der Waals surface area (Å²) in [6.07, 6.45) is -4.69. The molecule has 0 fully saturated rings. The molecule has 1 unspecified atom stereocenters. The molecule has 0 radical (unpaired) electrons. The summed E-state index contributed by atoms with van der Waals surface area (Å²) < 4.78 is 68.4. The number of halogens is 5. The zero-order valence-corrected chi connectivity index (χ0v) is 16.3. The van der Waals surface area contributed by atoms with E-state index in [9.17, 15) is 31.5 Å². The van der Waals surface area contributed by atoms with Gasteiger partial charge in [0, 0.05) is 17.3 Å². The van der Waals surface area contributed by atoms with Gasteiger partial charge in [0.15, 0.2) is 5.69 Å². The maximum atomic E-state index is 13.9. The van der Waals surface area contributed by atoms with Crippen LogP contribution in [0.2, 0.25) is 0 Å². The first-order chi connectivity index (χ1) is 14.5. The van der Waals surface area contributed by atoms with Crippen molar-refractivity contribution in [3.8, 4) is 5.69 Å². The van der Waals surface area contributed by atoms with Gasteiger partial charge in [0.1, 0.15) is 11.6 Å². The van der Waals surface area contributed by atoms with Crippen molar-refractivity contribution in [2.24, 2.45) is 0 Å². The molecule has 1 aromatic heterocycles. The number of carbonyl (C=O) groups is 1. The fraction of sp³-hybridized carbons (Fsp3) is 0.190. The van der Waals surface area contributed by atoms with Crippen LogP contribution < -0.4 is 10.7 Å². The molecule has 1 N–H and O–H groups in total. The molecule has 1 atom stereocenters. The van der Waals surface area contributed by atoms with Crippen LogP contribution in [0.25, 0.3) is 5.69 Å². The molecule has 2 aromatic carbocycles. The predicted octanol–water partition coefficient (Wildman–Crippen LogP) is 4.33. The second-order valence-electron chi connectivity index (χ2n) is 6.79. The summed E-state index contributed by atoms with van der Waals surface area (Å²) in [7, 11) is 0. The SMILES string of the molecule is Cc1cc(=O)c(C(=O)NC(C)c2cc(F)ccc2F)nn1-c1ccccc1C(F)(F)F. The third kappa shape index (κ3) is 4.62. The van der Waals surface area contributed by atoms with Crippen LogP contribution in [0.4, 0.5) is 22.0 Å². The minimum absolute atomic E-state index is 0.0717. The van der Waals surface area contributed by atoms with Gasteiger partial charge in [-0.15, -0.1) is 0 Å². The number of carbonyl (C=O) groups excluding carboxylic acids is 1. The van der Waals surface area contributed by atoms with Gasteiger partial charge in [-0.3, -0.25) is 9.59 Å². The molecule has 0 bridgehead atoms. The molecule has 1 heterocycles. The number of nitrogens with zero attached hydrogens (tertiary/aromatic N) is 2. The normalized spacial score (nSPS) is 12.5. The number of hydrogen-bond acceptors (Lipinski definition) is 3. The van der Waals surface area contributed by atoms with Gasteiger partial charge in [0.2, 0.25) is 5.43 Å². The molecule has 0 aliphatic rings. The number of aromatic nitrogens is 2. The van der Waals surface area contributed by atoms with E-state index in [4.69, 9.17) is 0 Å². The fourth-order valence-corrected chi connectivity index (χ4v) is 3.04. The van der Waals surface area contributed by atoms with E-state index < -0.39 is 46.4 Å². The Kier molecular flexibility index (Phi) is 5.92. The van der Waals surface area contributed by atoms with Crippen molar-refractivity contribution in [1.82, 2.24) is 15.1 Å². The van der Waals surface area contributed by atoms with Crippen molar-refractivity contribution in [3.05, 3.63) is 92.9 Å². The lowest BCUT2D eigenvalue weighted by Gasteiger charge is -2.18. The first kappa shape index (κ1) is 22.1. The first-order valence-corrected chi connectivity index (χ1v) is 9.02. The third-order valence-corrected chi connectivity index (χ3v) is 4.53. The molecule has 0 saturated heterocycles. The van der Waals surface area contributed by atoms with Gasteiger partial charge in [0.05, 0.1) is 17.3 Å². The lowest BCUT2D eigenvalue weighted by atomic mass is 10.1. The number of nitrogens with one attached hydrogen (secondary N) is 1. The highest BCUT2D eigenvalue weighted by molar-refractivity contribution is 5.92. The Morgan fingerprint density at radius 2 is 1.77 bits per heavy atom. The summed E-state index contributed by atoms with van der Waals surface area (Å²) in [6, 6.07) is 7.18. The fourth-order valence-electron chi connectivity index (χ4n) is 3.04. The van der Waals surface area contributed by atoms with Gasteiger partial charge in [-0.2, -0.15) is 18.3 Å². The van der Waals surface area contributed by atoms with Gasteiger partial charge < -0.3 is 5.32 Å². The number of alkyl halides is 3. The van der Waals surface area contributed by atoms with Crippen molar-refractivity contribution in [1.29, 1.82) is 0 Å². The van der Waals surface area contributed by atoms with E-state index in [0.29, 0.717) is 0 Å². The summed E-state index contributed by atoms with van der Waals surface area (Å²) in [5.41, 5.74) is -2.99. The summed E-state index contributed by atoms with van der Waals surface area (Å²) in [5.74, 6) is -2.54. The molecular weight excluding hydrogens is 421 g/mol. The number of rotatable bonds is 4. The highest BCUT2D eigenvalue weighted by Gasteiger charge is 2.34. The maximum absolute atomic E-state index is 13.9. The van der Waals surface area contributed by atoms with Crippen LogP contribution in [-0.2, 0) is 6.18 Å². The second-order valence-corrected chi connectivity index (χ2v) is 6.79. The van der Waals surface area contributed by atoms with Crippen molar-refractivity contribution < 1.29 is 26.7 Å². The molecule has 1 amide bonds. The summed E-state index contributed by atoms with van der Waals surface area (Å²) in [4.78, 5) is 24.9. The van der Waals surface area contributed by atoms with E-state index in [2.05, 4.69) is 10.4 Å². The van der Waals surface area contributed by atoms with Gasteiger partial charge in [-0.05, 0) is 44.2 Å². The summed E-state index contributed by atoms with van der Waals surface area (Å²) in [5, 5.41) is 6.15. The van der Waals surface area contributed by atoms with Crippen molar-refractivity contribution in [3.63, 3.8) is 0 Å². The van der Waals surface area contributed by atoms with E-state index in [1.54, 1.807) is 0 Å². The lowest BCUT2D eigenvalue weighted by molar-refractivity contribution is -0.137. The number of hydrogen-bond donors (Lipinski definition) is 1. The maximum Gasteiger partial charge on any atom is 0.418 e. The van der Waals surface area contributed by atoms with Crippen LogP contribution in [0.15, 0.2) is 53.3 Å². The van der Waals surface area contributed by atoms with Gasteiger partial charge in [0.25, 0.3) is 5.91 Å². The Hall–Kier alpha value is -3.56. The molecule has 0 spiro atoms. The summed E-state index contributed by atoms with van der Waals surface area (Å²) >= 11 is 0. The quantitative estimate of drug-likeness (QED) is 0.618. The second kappa shape index (κ2) is 8.29. The molecule has 31 heavy (non-hydrogen) atoms. The Morgan fingerprint density at radius 3 is 2.45 bits per heavy atom. The van der Waals surface area contributed by atoms with E-state index in [-0.39, 0.29) is 16.9 Å². The zero-order chi connectivity index (χ0) is 22.9. The molecule has 5 nitrogen and oxygen atoms in total. The molecule has 3 aromatic rings. The van der Waals surface area contributed by atoms with Crippen LogP contribution >= 0.6 is 0 Å². The van der Waals surface area contributed by atoms with E-state index >= 15 is 0 Å². The van der Waals surface area contributed by atoms with Crippen molar-refractivity contribution in [2.75, 3.05) is 0 Å². The standard InChI is InChI=1S/C21H16F5N3O2/c1-11-9-18(30)19(20(31)27-12(2)14-10-13(22)7-8-16(14)23)28-29(11)17-6-4-3-5-15(17)21(24,25)26/h3-10,12H,1-2H3,(H,27,31). The van der Waals surface area contributed by atoms with Crippen molar-refractivity contribution >= 4 is 5.91 Å². The molecule has 0 saturated carbocycles. The number of aryl methyl sites for hydroxylation is 1. The molecular formula is C21H16F5N3O2. The average Bonchev–Trinajstić information content (AvgIpc) is 2.69. The van der Waals surface area contributed by atoms with Gasteiger partial charge in [-0.1, -0.05) is 12.1 Å².